The van der Waals surface area contributed by atoms with Gasteiger partial charge in [0, 0.05) is 24.0 Å². The van der Waals surface area contributed by atoms with E-state index in [1.54, 1.807) is 42.1 Å². The summed E-state index contributed by atoms with van der Waals surface area (Å²) in [5.41, 5.74) is 0.711. The highest BCUT2D eigenvalue weighted by molar-refractivity contribution is 7.98. The number of hydrogen-bond acceptors (Lipinski definition) is 4. The third-order valence-corrected chi connectivity index (χ3v) is 6.83. The molecule has 5 nitrogen and oxygen atoms in total. The van der Waals surface area contributed by atoms with Crippen molar-refractivity contribution < 1.29 is 13.2 Å². The average molecular weight is 391 g/mol. The molecule has 0 aliphatic carbocycles. The minimum Gasteiger partial charge on any atom is -0.338 e. The van der Waals surface area contributed by atoms with Crippen LogP contribution in [0, 0.1) is 0 Å². The smallest absolute Gasteiger partial charge is 0.254 e. The zero-order valence-corrected chi connectivity index (χ0v) is 16.2. The van der Waals surface area contributed by atoms with Crippen molar-refractivity contribution in [3.8, 4) is 0 Å². The summed E-state index contributed by atoms with van der Waals surface area (Å²) in [6.07, 6.45) is 3.18. The first-order chi connectivity index (χ1) is 12.5. The molecule has 0 radical (unpaired) electrons. The quantitative estimate of drug-likeness (QED) is 0.797. The number of piperidine rings is 1. The van der Waals surface area contributed by atoms with Crippen LogP contribution >= 0.6 is 11.8 Å². The summed E-state index contributed by atoms with van der Waals surface area (Å²) in [6.45, 7) is 1.09. The van der Waals surface area contributed by atoms with E-state index in [0.29, 0.717) is 31.5 Å². The van der Waals surface area contributed by atoms with E-state index in [4.69, 9.17) is 0 Å². The van der Waals surface area contributed by atoms with Crippen LogP contribution in [0.4, 0.5) is 0 Å². The van der Waals surface area contributed by atoms with Gasteiger partial charge in [-0.15, -0.1) is 11.8 Å². The predicted octanol–water partition coefficient (Wildman–Crippen LogP) is 2.99. The summed E-state index contributed by atoms with van der Waals surface area (Å²) >= 11 is 1.55. The lowest BCUT2D eigenvalue weighted by Crippen LogP contribution is -2.46. The number of nitrogens with zero attached hydrogens (tertiary/aromatic N) is 1. The molecule has 2 aromatic carbocycles. The molecule has 1 N–H and O–H groups in total. The highest BCUT2D eigenvalue weighted by atomic mass is 32.2. The number of sulfonamides is 1. The van der Waals surface area contributed by atoms with E-state index in [0.717, 1.165) is 4.90 Å². The van der Waals surface area contributed by atoms with Gasteiger partial charge in [-0.2, -0.15) is 0 Å². The second kappa shape index (κ2) is 8.24. The van der Waals surface area contributed by atoms with Gasteiger partial charge in [-0.3, -0.25) is 4.79 Å². The number of amides is 1. The van der Waals surface area contributed by atoms with E-state index in [1.165, 1.54) is 0 Å². The maximum atomic E-state index is 12.8. The number of carbonyl (C=O) groups excluding carboxylic acids is 1. The zero-order chi connectivity index (χ0) is 18.6. The molecule has 0 atom stereocenters. The Bertz CT molecular complexity index is 861. The van der Waals surface area contributed by atoms with Crippen molar-refractivity contribution in [2.45, 2.75) is 28.7 Å². The Hall–Kier alpha value is -1.83. The Morgan fingerprint density at radius 2 is 1.65 bits per heavy atom. The molecular formula is C19H22N2O3S2. The first-order valence-electron chi connectivity index (χ1n) is 8.51. The molecule has 0 spiro atoms. The van der Waals surface area contributed by atoms with Gasteiger partial charge in [0.05, 0.1) is 10.5 Å². The third-order valence-electron chi connectivity index (χ3n) is 4.49. The molecule has 0 aromatic heterocycles. The average Bonchev–Trinajstić information content (AvgIpc) is 2.68. The molecule has 1 fully saturated rings. The molecule has 1 amide bonds. The van der Waals surface area contributed by atoms with Gasteiger partial charge in [-0.05, 0) is 43.4 Å². The Kier molecular flexibility index (Phi) is 6.01. The summed E-state index contributed by atoms with van der Waals surface area (Å²) < 4.78 is 27.6. The number of thioether (sulfide) groups is 1. The fourth-order valence-corrected chi connectivity index (χ4v) is 5.00. The molecule has 1 saturated heterocycles. The number of rotatable bonds is 5. The van der Waals surface area contributed by atoms with E-state index in [-0.39, 0.29) is 16.8 Å². The summed E-state index contributed by atoms with van der Waals surface area (Å²) in [5, 5.41) is 0. The van der Waals surface area contributed by atoms with Crippen molar-refractivity contribution in [1.82, 2.24) is 9.62 Å². The molecule has 1 heterocycles. The third kappa shape index (κ3) is 4.28. The lowest BCUT2D eigenvalue weighted by Gasteiger charge is -2.32. The lowest BCUT2D eigenvalue weighted by atomic mass is 10.0. The number of nitrogens with one attached hydrogen (secondary N) is 1. The molecule has 3 rings (SSSR count). The van der Waals surface area contributed by atoms with Crippen LogP contribution in [0.2, 0.25) is 0 Å². The second-order valence-corrected chi connectivity index (χ2v) is 8.76. The van der Waals surface area contributed by atoms with E-state index in [9.17, 15) is 13.2 Å². The fourth-order valence-electron chi connectivity index (χ4n) is 3.08. The standard InChI is InChI=1S/C19H22N2O3S2/c1-25-18-10-6-5-9-17(18)19(22)21-13-11-15(12-14-21)20-26(23,24)16-7-3-2-4-8-16/h2-10,15,20H,11-14H2,1H3. The molecule has 0 unspecified atom stereocenters. The summed E-state index contributed by atoms with van der Waals surface area (Å²) in [5.74, 6) is 0.0133. The topological polar surface area (TPSA) is 66.5 Å². The van der Waals surface area contributed by atoms with Crippen LogP contribution in [0.3, 0.4) is 0 Å². The molecular weight excluding hydrogens is 368 g/mol. The van der Waals surface area contributed by atoms with Crippen LogP contribution < -0.4 is 4.72 Å². The largest absolute Gasteiger partial charge is 0.338 e. The van der Waals surface area contributed by atoms with Crippen molar-refractivity contribution in [3.05, 3.63) is 60.2 Å². The molecule has 26 heavy (non-hydrogen) atoms. The van der Waals surface area contributed by atoms with E-state index in [1.807, 2.05) is 35.4 Å². The van der Waals surface area contributed by atoms with Crippen LogP contribution in [0.1, 0.15) is 23.2 Å². The van der Waals surface area contributed by atoms with Crippen molar-refractivity contribution in [1.29, 1.82) is 0 Å². The van der Waals surface area contributed by atoms with Crippen molar-refractivity contribution >= 4 is 27.7 Å². The van der Waals surface area contributed by atoms with Crippen molar-refractivity contribution in [2.24, 2.45) is 0 Å². The predicted molar refractivity (Wildman–Crippen MR) is 104 cm³/mol. The Labute approximate surface area is 158 Å². The molecule has 2 aromatic rings. The Balaban J connectivity index is 1.62. The monoisotopic (exact) mass is 390 g/mol. The molecule has 1 aliphatic rings. The number of benzene rings is 2. The van der Waals surface area contributed by atoms with Crippen molar-refractivity contribution in [2.75, 3.05) is 19.3 Å². The molecule has 0 saturated carbocycles. The molecule has 138 valence electrons. The number of hydrogen-bond donors (Lipinski definition) is 1. The lowest BCUT2D eigenvalue weighted by molar-refractivity contribution is 0.0708. The minimum absolute atomic E-state index is 0.0133. The van der Waals surface area contributed by atoms with Crippen LogP contribution in [0.15, 0.2) is 64.4 Å². The van der Waals surface area contributed by atoms with Crippen LogP contribution in [-0.2, 0) is 10.0 Å². The summed E-state index contributed by atoms with van der Waals surface area (Å²) in [4.78, 5) is 15.8. The maximum Gasteiger partial charge on any atom is 0.254 e. The van der Waals surface area contributed by atoms with Gasteiger partial charge >= 0.3 is 0 Å². The van der Waals surface area contributed by atoms with Gasteiger partial charge in [0.25, 0.3) is 5.91 Å². The van der Waals surface area contributed by atoms with Crippen LogP contribution in [-0.4, -0.2) is 44.6 Å². The highest BCUT2D eigenvalue weighted by Gasteiger charge is 2.27. The van der Waals surface area contributed by atoms with Crippen LogP contribution in [0.5, 0.6) is 0 Å². The van der Waals surface area contributed by atoms with E-state index >= 15 is 0 Å². The van der Waals surface area contributed by atoms with Crippen LogP contribution in [0.25, 0.3) is 0 Å². The molecule has 7 heteroatoms. The molecule has 0 bridgehead atoms. The normalized spacial score (nSPS) is 15.8. The minimum atomic E-state index is -3.52. The summed E-state index contributed by atoms with van der Waals surface area (Å²) in [7, 11) is -3.52. The van der Waals surface area contributed by atoms with Gasteiger partial charge in [-0.1, -0.05) is 30.3 Å². The second-order valence-electron chi connectivity index (χ2n) is 6.20. The first kappa shape index (κ1) is 18.9. The highest BCUT2D eigenvalue weighted by Crippen LogP contribution is 2.23. The van der Waals surface area contributed by atoms with Gasteiger partial charge in [-0.25, -0.2) is 13.1 Å². The Morgan fingerprint density at radius 3 is 2.31 bits per heavy atom. The van der Waals surface area contributed by atoms with E-state index in [2.05, 4.69) is 4.72 Å². The zero-order valence-electron chi connectivity index (χ0n) is 14.6. The SMILES string of the molecule is CSc1ccccc1C(=O)N1CCC(NS(=O)(=O)c2ccccc2)CC1. The van der Waals surface area contributed by atoms with Gasteiger partial charge in [0.2, 0.25) is 10.0 Å². The van der Waals surface area contributed by atoms with Gasteiger partial charge in [0.1, 0.15) is 0 Å². The Morgan fingerprint density at radius 1 is 1.04 bits per heavy atom. The van der Waals surface area contributed by atoms with E-state index < -0.39 is 10.0 Å². The fraction of sp³-hybridized carbons (Fsp3) is 0.316. The number of likely N-dealkylation sites (tertiary alicyclic amines) is 1. The van der Waals surface area contributed by atoms with Gasteiger partial charge in [0.15, 0.2) is 0 Å². The van der Waals surface area contributed by atoms with Crippen molar-refractivity contribution in [3.63, 3.8) is 0 Å². The number of carbonyl (C=O) groups is 1. The first-order valence-corrected chi connectivity index (χ1v) is 11.2. The van der Waals surface area contributed by atoms with Gasteiger partial charge < -0.3 is 4.90 Å². The maximum absolute atomic E-state index is 12.8. The molecule has 1 aliphatic heterocycles. The summed E-state index contributed by atoms with van der Waals surface area (Å²) in [6, 6.07) is 15.8.